The first-order chi connectivity index (χ1) is 16.0. The van der Waals surface area contributed by atoms with Crippen LogP contribution in [0.5, 0.6) is 5.75 Å². The third-order valence-electron chi connectivity index (χ3n) is 5.97. The van der Waals surface area contributed by atoms with E-state index in [0.29, 0.717) is 18.5 Å². The van der Waals surface area contributed by atoms with E-state index in [2.05, 4.69) is 20.6 Å². The van der Waals surface area contributed by atoms with Crippen molar-refractivity contribution in [1.82, 2.24) is 20.6 Å². The summed E-state index contributed by atoms with van der Waals surface area (Å²) in [5.74, 6) is -1.30. The van der Waals surface area contributed by atoms with Gasteiger partial charge in [-0.05, 0) is 30.5 Å². The van der Waals surface area contributed by atoms with Crippen molar-refractivity contribution >= 4 is 23.4 Å². The second-order valence-corrected chi connectivity index (χ2v) is 10.2. The summed E-state index contributed by atoms with van der Waals surface area (Å²) < 4.78 is 18.8. The van der Waals surface area contributed by atoms with Crippen molar-refractivity contribution in [3.05, 3.63) is 64.1 Å². The molecule has 2 amide bonds. The van der Waals surface area contributed by atoms with Gasteiger partial charge in [-0.15, -0.1) is 0 Å². The molecule has 3 aliphatic carbocycles. The molecule has 8 nitrogen and oxygen atoms in total. The van der Waals surface area contributed by atoms with Crippen LogP contribution in [0.25, 0.3) is 0 Å². The fraction of sp³-hybridized carbons (Fsp3) is 0.417. The zero-order valence-electron chi connectivity index (χ0n) is 19.1. The van der Waals surface area contributed by atoms with Crippen LogP contribution in [0.4, 0.5) is 4.39 Å². The Morgan fingerprint density at radius 1 is 1.26 bits per heavy atom. The van der Waals surface area contributed by atoms with E-state index in [1.165, 1.54) is 18.3 Å². The molecule has 0 saturated heterocycles. The Bertz CT molecular complexity index is 1150. The van der Waals surface area contributed by atoms with E-state index in [0.717, 1.165) is 17.3 Å². The molecule has 34 heavy (non-hydrogen) atoms. The number of halogens is 2. The summed E-state index contributed by atoms with van der Waals surface area (Å²) in [7, 11) is 0. The molecule has 1 fully saturated rings. The number of rotatable bonds is 6. The highest BCUT2D eigenvalue weighted by molar-refractivity contribution is 6.30. The molecule has 5 rings (SSSR count). The van der Waals surface area contributed by atoms with Gasteiger partial charge in [0.15, 0.2) is 6.61 Å². The highest BCUT2D eigenvalue weighted by Crippen LogP contribution is 2.47. The predicted octanol–water partition coefficient (Wildman–Crippen LogP) is 3.04. The van der Waals surface area contributed by atoms with Gasteiger partial charge < -0.3 is 20.5 Å². The molecule has 0 unspecified atom stereocenters. The van der Waals surface area contributed by atoms with Crippen LogP contribution in [0.1, 0.15) is 56.2 Å². The summed E-state index contributed by atoms with van der Waals surface area (Å²) in [6.07, 6.45) is 3.41. The maximum atomic E-state index is 13.5. The van der Waals surface area contributed by atoms with Crippen molar-refractivity contribution < 1.29 is 23.8 Å². The SMILES string of the molecule is CC(C)(C)c1cnc(C(=O)NC23CC(=C(NC(=O)COc4ccc(Cl)c(F)c4)[C@@H](O)C2)C3)cn1. The standard InChI is InChI=1S/C24H26ClFN4O4/c1-23(2,3)19-11-27-17(10-28-19)22(33)30-24-7-13(8-24)21(18(31)9-24)29-20(32)12-34-14-4-5-15(25)16(26)6-14/h4-6,10-11,18,31H,7-9,12H2,1-3H3,(H,29,32)(H,30,33)/t18-/m0/s1. The highest BCUT2D eigenvalue weighted by atomic mass is 35.5. The summed E-state index contributed by atoms with van der Waals surface area (Å²) in [6, 6.07) is 3.89. The fourth-order valence-corrected chi connectivity index (χ4v) is 4.28. The van der Waals surface area contributed by atoms with Crippen LogP contribution in [0.3, 0.4) is 0 Å². The smallest absolute Gasteiger partial charge is 0.271 e. The molecule has 1 atom stereocenters. The molecule has 0 aliphatic heterocycles. The monoisotopic (exact) mass is 488 g/mol. The Kier molecular flexibility index (Phi) is 6.35. The number of hydrogen-bond donors (Lipinski definition) is 3. The van der Waals surface area contributed by atoms with Crippen molar-refractivity contribution in [3.63, 3.8) is 0 Å². The zero-order valence-corrected chi connectivity index (χ0v) is 19.9. The first-order valence-electron chi connectivity index (χ1n) is 10.9. The van der Waals surface area contributed by atoms with E-state index in [1.54, 1.807) is 6.20 Å². The van der Waals surface area contributed by atoms with E-state index < -0.39 is 23.4 Å². The van der Waals surface area contributed by atoms with E-state index in [9.17, 15) is 19.1 Å². The highest BCUT2D eigenvalue weighted by Gasteiger charge is 2.50. The second kappa shape index (κ2) is 8.96. The predicted molar refractivity (Wildman–Crippen MR) is 123 cm³/mol. The maximum absolute atomic E-state index is 13.5. The minimum absolute atomic E-state index is 0.0383. The van der Waals surface area contributed by atoms with Gasteiger partial charge in [-0.1, -0.05) is 32.4 Å². The number of nitrogens with zero attached hydrogens (tertiary/aromatic N) is 2. The second-order valence-electron chi connectivity index (χ2n) is 9.77. The maximum Gasteiger partial charge on any atom is 0.271 e. The molecule has 0 radical (unpaired) electrons. The van der Waals surface area contributed by atoms with Crippen LogP contribution in [0.2, 0.25) is 5.02 Å². The van der Waals surface area contributed by atoms with Crippen LogP contribution in [-0.2, 0) is 10.2 Å². The van der Waals surface area contributed by atoms with Gasteiger partial charge in [0.05, 0.1) is 28.6 Å². The van der Waals surface area contributed by atoms with Crippen molar-refractivity contribution in [2.24, 2.45) is 0 Å². The van der Waals surface area contributed by atoms with Crippen LogP contribution in [0.15, 0.2) is 41.9 Å². The van der Waals surface area contributed by atoms with E-state index >= 15 is 0 Å². The van der Waals surface area contributed by atoms with Crippen molar-refractivity contribution in [3.8, 4) is 5.75 Å². The lowest BCUT2D eigenvalue weighted by molar-refractivity contribution is -0.123. The molecule has 1 saturated carbocycles. The van der Waals surface area contributed by atoms with E-state index in [1.807, 2.05) is 20.8 Å². The van der Waals surface area contributed by atoms with Gasteiger partial charge in [0.25, 0.3) is 11.8 Å². The Labute approximate surface area is 201 Å². The van der Waals surface area contributed by atoms with Crippen molar-refractivity contribution in [2.45, 2.75) is 57.1 Å². The Morgan fingerprint density at radius 2 is 2.00 bits per heavy atom. The van der Waals surface area contributed by atoms with Gasteiger partial charge in [-0.3, -0.25) is 14.6 Å². The van der Waals surface area contributed by atoms with Crippen molar-refractivity contribution in [1.29, 1.82) is 0 Å². The third kappa shape index (κ3) is 5.05. The molecule has 1 aromatic heterocycles. The number of aliphatic hydroxyl groups is 1. The molecule has 1 aromatic carbocycles. The molecule has 1 heterocycles. The number of benzene rings is 1. The molecule has 180 valence electrons. The number of amides is 2. The van der Waals surface area contributed by atoms with Crippen LogP contribution in [0, 0.1) is 5.82 Å². The van der Waals surface area contributed by atoms with E-state index in [-0.39, 0.29) is 40.8 Å². The van der Waals surface area contributed by atoms with Gasteiger partial charge in [-0.25, -0.2) is 9.37 Å². The lowest BCUT2D eigenvalue weighted by Gasteiger charge is -2.51. The Hall–Kier alpha value is -3.04. The lowest BCUT2D eigenvalue weighted by Crippen LogP contribution is -2.61. The van der Waals surface area contributed by atoms with Gasteiger partial charge in [0.1, 0.15) is 17.3 Å². The quantitative estimate of drug-likeness (QED) is 0.576. The molecule has 3 aliphatic rings. The van der Waals surface area contributed by atoms with Crippen LogP contribution in [-0.4, -0.2) is 45.1 Å². The topological polar surface area (TPSA) is 113 Å². The average molecular weight is 489 g/mol. The van der Waals surface area contributed by atoms with Gasteiger partial charge >= 0.3 is 0 Å². The molecule has 2 bridgehead atoms. The van der Waals surface area contributed by atoms with Crippen molar-refractivity contribution in [2.75, 3.05) is 6.61 Å². The molecule has 3 N–H and O–H groups in total. The number of fused-ring (bicyclic) bond motifs is 2. The minimum Gasteiger partial charge on any atom is -0.484 e. The summed E-state index contributed by atoms with van der Waals surface area (Å²) in [6.45, 7) is 5.69. The molecule has 0 spiro atoms. The number of nitrogens with one attached hydrogen (secondary N) is 2. The number of aliphatic hydroxyl groups excluding tert-OH is 1. The van der Waals surface area contributed by atoms with E-state index in [4.69, 9.17) is 16.3 Å². The first-order valence-corrected chi connectivity index (χ1v) is 11.3. The summed E-state index contributed by atoms with van der Waals surface area (Å²) >= 11 is 5.63. The molecular weight excluding hydrogens is 463 g/mol. The van der Waals surface area contributed by atoms with Gasteiger partial charge in [0.2, 0.25) is 0 Å². The average Bonchev–Trinajstić information content (AvgIpc) is 2.75. The normalized spacial score (nSPS) is 21.5. The largest absolute Gasteiger partial charge is 0.484 e. The minimum atomic E-state index is -0.941. The first kappa shape index (κ1) is 24.1. The van der Waals surface area contributed by atoms with Gasteiger partial charge in [0, 0.05) is 29.8 Å². The fourth-order valence-electron chi connectivity index (χ4n) is 4.16. The summed E-state index contributed by atoms with van der Waals surface area (Å²) in [5.41, 5.74) is 1.54. The van der Waals surface area contributed by atoms with Gasteiger partial charge in [-0.2, -0.15) is 0 Å². The number of hydrogen-bond acceptors (Lipinski definition) is 6. The Balaban J connectivity index is 1.33. The number of carbonyl (C=O) groups excluding carboxylic acids is 2. The molecule has 10 heteroatoms. The summed E-state index contributed by atoms with van der Waals surface area (Å²) in [5, 5.41) is 16.2. The third-order valence-corrected chi connectivity index (χ3v) is 6.27. The lowest BCUT2D eigenvalue weighted by atomic mass is 9.63. The van der Waals surface area contributed by atoms with Crippen LogP contribution >= 0.6 is 11.6 Å². The number of carbonyl (C=O) groups is 2. The van der Waals surface area contributed by atoms with Crippen LogP contribution < -0.4 is 15.4 Å². The Morgan fingerprint density at radius 3 is 2.59 bits per heavy atom. The zero-order chi connectivity index (χ0) is 24.7. The number of ether oxygens (including phenoxy) is 1. The number of aromatic nitrogens is 2. The summed E-state index contributed by atoms with van der Waals surface area (Å²) in [4.78, 5) is 33.6. The molecule has 2 aromatic rings. The molecular formula is C24H26ClFN4O4.